The van der Waals surface area contributed by atoms with Crippen molar-refractivity contribution in [1.29, 1.82) is 0 Å². The number of nitrogens with two attached hydrogens (primary N) is 1. The van der Waals surface area contributed by atoms with Crippen molar-refractivity contribution in [3.8, 4) is 0 Å². The van der Waals surface area contributed by atoms with Crippen LogP contribution in [0.15, 0.2) is 12.4 Å². The molecule has 2 N–H and O–H groups in total. The fraction of sp³-hybridized carbons (Fsp3) is 0.700. The fourth-order valence-electron chi connectivity index (χ4n) is 1.55. The van der Waals surface area contributed by atoms with Crippen LogP contribution in [0.3, 0.4) is 0 Å². The molecule has 0 atom stereocenters. The van der Waals surface area contributed by atoms with E-state index in [0.717, 1.165) is 18.9 Å². The molecule has 1 saturated carbocycles. The van der Waals surface area contributed by atoms with E-state index in [1.54, 1.807) is 0 Å². The molecule has 0 aromatic carbocycles. The molecular formula is C10H17N3. The maximum absolute atomic E-state index is 5.46. The topological polar surface area (TPSA) is 43.8 Å². The zero-order chi connectivity index (χ0) is 9.10. The molecule has 1 heterocycles. The monoisotopic (exact) mass is 179 g/mol. The first-order valence-corrected chi connectivity index (χ1v) is 5.10. The van der Waals surface area contributed by atoms with Crippen molar-refractivity contribution in [2.75, 3.05) is 6.54 Å². The van der Waals surface area contributed by atoms with Crippen LogP contribution in [0.25, 0.3) is 0 Å². The summed E-state index contributed by atoms with van der Waals surface area (Å²) in [6, 6.07) is 0. The van der Waals surface area contributed by atoms with Gasteiger partial charge in [0.15, 0.2) is 0 Å². The molecular weight excluding hydrogens is 162 g/mol. The lowest BCUT2D eigenvalue weighted by molar-refractivity contribution is 0.546. The van der Waals surface area contributed by atoms with E-state index in [1.165, 1.54) is 24.8 Å². The van der Waals surface area contributed by atoms with Gasteiger partial charge in [-0.25, -0.2) is 0 Å². The van der Waals surface area contributed by atoms with E-state index in [2.05, 4.69) is 11.3 Å². The van der Waals surface area contributed by atoms with Gasteiger partial charge in [0.25, 0.3) is 0 Å². The molecule has 1 aromatic heterocycles. The summed E-state index contributed by atoms with van der Waals surface area (Å²) >= 11 is 0. The predicted molar refractivity (Wildman–Crippen MR) is 52.3 cm³/mol. The summed E-state index contributed by atoms with van der Waals surface area (Å²) in [5.41, 5.74) is 6.73. The van der Waals surface area contributed by atoms with Gasteiger partial charge in [-0.3, -0.25) is 4.68 Å². The van der Waals surface area contributed by atoms with Gasteiger partial charge in [0.2, 0.25) is 0 Å². The minimum Gasteiger partial charge on any atom is -0.330 e. The van der Waals surface area contributed by atoms with E-state index in [1.807, 2.05) is 10.9 Å². The highest BCUT2D eigenvalue weighted by Gasteiger charge is 2.20. The van der Waals surface area contributed by atoms with Gasteiger partial charge in [0, 0.05) is 12.7 Å². The van der Waals surface area contributed by atoms with Gasteiger partial charge >= 0.3 is 0 Å². The van der Waals surface area contributed by atoms with Crippen molar-refractivity contribution in [2.45, 2.75) is 32.2 Å². The first-order chi connectivity index (χ1) is 6.38. The fourth-order valence-corrected chi connectivity index (χ4v) is 1.55. The van der Waals surface area contributed by atoms with Gasteiger partial charge < -0.3 is 5.73 Å². The summed E-state index contributed by atoms with van der Waals surface area (Å²) in [5.74, 6) is 0.988. The lowest BCUT2D eigenvalue weighted by Crippen LogP contribution is -2.02. The molecule has 3 heteroatoms. The van der Waals surface area contributed by atoms with Crippen LogP contribution in [0.2, 0.25) is 0 Å². The summed E-state index contributed by atoms with van der Waals surface area (Å²) < 4.78 is 2.04. The van der Waals surface area contributed by atoms with E-state index < -0.39 is 0 Å². The van der Waals surface area contributed by atoms with Crippen molar-refractivity contribution >= 4 is 0 Å². The number of nitrogens with zero attached hydrogens (tertiary/aromatic N) is 2. The quantitative estimate of drug-likeness (QED) is 0.737. The standard InChI is InChI=1S/C10H17N3/c11-5-3-10-7-12-13(8-10)6-4-9-1-2-9/h7-9H,1-6,11H2. The normalized spacial score (nSPS) is 16.4. The van der Waals surface area contributed by atoms with E-state index in [9.17, 15) is 0 Å². The van der Waals surface area contributed by atoms with Crippen molar-refractivity contribution < 1.29 is 0 Å². The van der Waals surface area contributed by atoms with Crippen LogP contribution in [0.5, 0.6) is 0 Å². The third-order valence-corrected chi connectivity index (χ3v) is 2.58. The van der Waals surface area contributed by atoms with Gasteiger partial charge in [0.1, 0.15) is 0 Å². The van der Waals surface area contributed by atoms with Crippen LogP contribution in [-0.4, -0.2) is 16.3 Å². The summed E-state index contributed by atoms with van der Waals surface area (Å²) in [6.07, 6.45) is 9.15. The average molecular weight is 179 g/mol. The number of aryl methyl sites for hydroxylation is 1. The van der Waals surface area contributed by atoms with Crippen LogP contribution in [0.1, 0.15) is 24.8 Å². The highest BCUT2D eigenvalue weighted by molar-refractivity contribution is 5.04. The molecule has 1 fully saturated rings. The highest BCUT2D eigenvalue weighted by Crippen LogP contribution is 2.32. The Hall–Kier alpha value is -0.830. The molecule has 1 aliphatic rings. The molecule has 0 spiro atoms. The molecule has 0 amide bonds. The Balaban J connectivity index is 1.81. The first kappa shape index (κ1) is 8.75. The van der Waals surface area contributed by atoms with Crippen LogP contribution in [0, 0.1) is 5.92 Å². The molecule has 0 bridgehead atoms. The number of aromatic nitrogens is 2. The van der Waals surface area contributed by atoms with Crippen molar-refractivity contribution in [3.05, 3.63) is 18.0 Å². The Morgan fingerprint density at radius 3 is 3.08 bits per heavy atom. The van der Waals surface area contributed by atoms with Crippen LogP contribution in [-0.2, 0) is 13.0 Å². The summed E-state index contributed by atoms with van der Waals surface area (Å²) in [5, 5.41) is 4.30. The zero-order valence-corrected chi connectivity index (χ0v) is 7.95. The molecule has 0 radical (unpaired) electrons. The maximum atomic E-state index is 5.46. The summed E-state index contributed by atoms with van der Waals surface area (Å²) in [7, 11) is 0. The van der Waals surface area contributed by atoms with E-state index in [0.29, 0.717) is 6.54 Å². The Bertz CT molecular complexity index is 263. The Labute approximate surface area is 78.9 Å². The third kappa shape index (κ3) is 2.56. The second-order valence-corrected chi connectivity index (χ2v) is 3.88. The van der Waals surface area contributed by atoms with Gasteiger partial charge in [-0.05, 0) is 30.9 Å². The van der Waals surface area contributed by atoms with E-state index in [4.69, 9.17) is 5.73 Å². The molecule has 0 aliphatic heterocycles. The van der Waals surface area contributed by atoms with Crippen LogP contribution in [0.4, 0.5) is 0 Å². The van der Waals surface area contributed by atoms with Gasteiger partial charge in [0.05, 0.1) is 6.20 Å². The van der Waals surface area contributed by atoms with Gasteiger partial charge in [-0.15, -0.1) is 0 Å². The van der Waals surface area contributed by atoms with Crippen LogP contribution >= 0.6 is 0 Å². The molecule has 0 saturated heterocycles. The predicted octanol–water partition coefficient (Wildman–Crippen LogP) is 1.18. The third-order valence-electron chi connectivity index (χ3n) is 2.58. The number of hydrogen-bond donors (Lipinski definition) is 1. The first-order valence-electron chi connectivity index (χ1n) is 5.10. The number of rotatable bonds is 5. The second kappa shape index (κ2) is 3.92. The Kier molecular flexibility index (Phi) is 2.64. The molecule has 13 heavy (non-hydrogen) atoms. The summed E-state index contributed by atoms with van der Waals surface area (Å²) in [4.78, 5) is 0. The average Bonchev–Trinajstić information content (AvgIpc) is 2.85. The minimum atomic E-state index is 0.717. The lowest BCUT2D eigenvalue weighted by Gasteiger charge is -1.98. The lowest BCUT2D eigenvalue weighted by atomic mass is 10.2. The molecule has 2 rings (SSSR count). The van der Waals surface area contributed by atoms with Crippen molar-refractivity contribution in [2.24, 2.45) is 11.7 Å². The molecule has 72 valence electrons. The summed E-state index contributed by atoms with van der Waals surface area (Å²) in [6.45, 7) is 1.80. The SMILES string of the molecule is NCCc1cnn(CCC2CC2)c1. The second-order valence-electron chi connectivity index (χ2n) is 3.88. The molecule has 1 aromatic rings. The zero-order valence-electron chi connectivity index (χ0n) is 7.95. The maximum Gasteiger partial charge on any atom is 0.0522 e. The minimum absolute atomic E-state index is 0.717. The molecule has 3 nitrogen and oxygen atoms in total. The number of hydrogen-bond acceptors (Lipinski definition) is 2. The van der Waals surface area contributed by atoms with Crippen molar-refractivity contribution in [1.82, 2.24) is 9.78 Å². The Morgan fingerprint density at radius 1 is 1.54 bits per heavy atom. The molecule has 0 unspecified atom stereocenters. The molecule has 1 aliphatic carbocycles. The Morgan fingerprint density at radius 2 is 2.38 bits per heavy atom. The van der Waals surface area contributed by atoms with E-state index >= 15 is 0 Å². The van der Waals surface area contributed by atoms with Crippen LogP contribution < -0.4 is 5.73 Å². The van der Waals surface area contributed by atoms with Gasteiger partial charge in [-0.2, -0.15) is 5.10 Å². The van der Waals surface area contributed by atoms with E-state index in [-0.39, 0.29) is 0 Å². The van der Waals surface area contributed by atoms with Crippen molar-refractivity contribution in [3.63, 3.8) is 0 Å². The smallest absolute Gasteiger partial charge is 0.0522 e. The highest BCUT2D eigenvalue weighted by atomic mass is 15.3. The van der Waals surface area contributed by atoms with Gasteiger partial charge in [-0.1, -0.05) is 12.8 Å². The largest absolute Gasteiger partial charge is 0.330 e.